The van der Waals surface area contributed by atoms with E-state index in [0.29, 0.717) is 5.92 Å². The molecule has 1 aromatic rings. The number of hydrogen-bond donors (Lipinski definition) is 0. The molecular formula is C12H17ClN2O2. The average molecular weight is 257 g/mol. The van der Waals surface area contributed by atoms with Crippen LogP contribution in [0.25, 0.3) is 0 Å². The van der Waals surface area contributed by atoms with E-state index in [1.54, 1.807) is 6.07 Å². The zero-order valence-corrected chi connectivity index (χ0v) is 11.2. The number of nitrogens with zero attached hydrogens (tertiary/aromatic N) is 2. The van der Waals surface area contributed by atoms with Crippen LogP contribution in [-0.2, 0) is 0 Å². The fourth-order valence-corrected chi connectivity index (χ4v) is 2.49. The molecule has 0 radical (unpaired) electrons. The summed E-state index contributed by atoms with van der Waals surface area (Å²) in [6, 6.07) is 1.55. The van der Waals surface area contributed by atoms with Gasteiger partial charge in [0.25, 0.3) is 5.69 Å². The van der Waals surface area contributed by atoms with Gasteiger partial charge in [-0.2, -0.15) is 0 Å². The highest BCUT2D eigenvalue weighted by Crippen LogP contribution is 2.32. The second kappa shape index (κ2) is 5.45. The Morgan fingerprint density at radius 3 is 2.35 bits per heavy atom. The van der Waals surface area contributed by atoms with Crippen LogP contribution in [0.3, 0.4) is 0 Å². The number of rotatable bonds is 4. The molecule has 94 valence electrons. The first-order valence-corrected chi connectivity index (χ1v) is 6.03. The zero-order chi connectivity index (χ0) is 13.2. The first-order valence-electron chi connectivity index (χ1n) is 5.59. The summed E-state index contributed by atoms with van der Waals surface area (Å²) >= 11 is 6.17. The Kier molecular flexibility index (Phi) is 4.46. The number of hydrogen-bond acceptors (Lipinski definition) is 3. The normalized spacial score (nSPS) is 14.7. The molecule has 0 bridgehead atoms. The van der Waals surface area contributed by atoms with E-state index in [0.717, 1.165) is 11.3 Å². The van der Waals surface area contributed by atoms with E-state index >= 15 is 0 Å². The molecule has 2 atom stereocenters. The maximum absolute atomic E-state index is 10.6. The van der Waals surface area contributed by atoms with Gasteiger partial charge in [0.2, 0.25) is 0 Å². The van der Waals surface area contributed by atoms with E-state index in [9.17, 15) is 10.1 Å². The predicted octanol–water partition coefficient (Wildman–Crippen LogP) is 3.67. The topological polar surface area (TPSA) is 56.0 Å². The molecule has 0 amide bonds. The molecule has 0 aliphatic rings. The van der Waals surface area contributed by atoms with E-state index in [4.69, 9.17) is 11.6 Å². The van der Waals surface area contributed by atoms with Gasteiger partial charge < -0.3 is 0 Å². The molecule has 2 unspecified atom stereocenters. The van der Waals surface area contributed by atoms with Crippen molar-refractivity contribution in [3.8, 4) is 0 Å². The van der Waals surface area contributed by atoms with Crippen molar-refractivity contribution in [2.24, 2.45) is 5.92 Å². The van der Waals surface area contributed by atoms with Gasteiger partial charge in [0.1, 0.15) is 6.20 Å². The monoisotopic (exact) mass is 256 g/mol. The summed E-state index contributed by atoms with van der Waals surface area (Å²) in [6.07, 6.45) is 1.30. The van der Waals surface area contributed by atoms with Gasteiger partial charge in [0.05, 0.1) is 4.92 Å². The molecule has 0 fully saturated rings. The van der Waals surface area contributed by atoms with Crippen LogP contribution in [0.2, 0.25) is 0 Å². The van der Waals surface area contributed by atoms with Gasteiger partial charge in [-0.05, 0) is 25.3 Å². The van der Waals surface area contributed by atoms with Crippen molar-refractivity contribution in [1.29, 1.82) is 0 Å². The van der Waals surface area contributed by atoms with Crippen LogP contribution in [0.1, 0.15) is 37.9 Å². The third-order valence-electron chi connectivity index (χ3n) is 2.84. The molecule has 0 saturated carbocycles. The lowest BCUT2D eigenvalue weighted by Gasteiger charge is -2.24. The van der Waals surface area contributed by atoms with E-state index in [1.165, 1.54) is 6.20 Å². The van der Waals surface area contributed by atoms with Gasteiger partial charge in [-0.3, -0.25) is 15.1 Å². The smallest absolute Gasteiger partial charge is 0.258 e. The minimum atomic E-state index is -0.432. The first kappa shape index (κ1) is 13.9. The lowest BCUT2D eigenvalue weighted by Crippen LogP contribution is -2.18. The van der Waals surface area contributed by atoms with Gasteiger partial charge in [0, 0.05) is 23.1 Å². The Morgan fingerprint density at radius 1 is 1.41 bits per heavy atom. The number of nitro groups is 1. The fraction of sp³-hybridized carbons (Fsp3) is 0.583. The van der Waals surface area contributed by atoms with E-state index in [-0.39, 0.29) is 17.0 Å². The SMILES string of the molecule is Cc1cc([N+](=O)[O-])cnc1C(C(C)C)C(C)Cl. The lowest BCUT2D eigenvalue weighted by atomic mass is 9.87. The van der Waals surface area contributed by atoms with Crippen molar-refractivity contribution in [2.75, 3.05) is 0 Å². The molecule has 1 rings (SSSR count). The molecule has 1 heterocycles. The second-order valence-corrected chi connectivity index (χ2v) is 5.29. The van der Waals surface area contributed by atoms with Crippen LogP contribution >= 0.6 is 11.6 Å². The fourth-order valence-electron chi connectivity index (χ4n) is 2.08. The molecule has 4 nitrogen and oxygen atoms in total. The molecule has 0 N–H and O–H groups in total. The summed E-state index contributed by atoms with van der Waals surface area (Å²) in [4.78, 5) is 14.4. The summed E-state index contributed by atoms with van der Waals surface area (Å²) in [7, 11) is 0. The Morgan fingerprint density at radius 2 is 2.00 bits per heavy atom. The standard InChI is InChI=1S/C12H17ClN2O2/c1-7(2)11(9(4)13)12-8(3)5-10(6-14-12)15(16)17/h5-7,9,11H,1-4H3. The third kappa shape index (κ3) is 3.16. The Labute approximate surface area is 106 Å². The number of pyridine rings is 1. The summed E-state index contributed by atoms with van der Waals surface area (Å²) in [5, 5.41) is 10.6. The minimum absolute atomic E-state index is 0.0241. The molecule has 1 aromatic heterocycles. The molecule has 17 heavy (non-hydrogen) atoms. The van der Waals surface area contributed by atoms with Crippen LogP contribution in [-0.4, -0.2) is 15.3 Å². The van der Waals surface area contributed by atoms with Crippen LogP contribution in [0.5, 0.6) is 0 Å². The van der Waals surface area contributed by atoms with Crippen molar-refractivity contribution in [3.05, 3.63) is 33.6 Å². The summed E-state index contributed by atoms with van der Waals surface area (Å²) in [5.74, 6) is 0.452. The molecule has 0 aromatic carbocycles. The molecule has 5 heteroatoms. The Hall–Kier alpha value is -1.16. The average Bonchev–Trinajstić information content (AvgIpc) is 2.19. The van der Waals surface area contributed by atoms with Crippen molar-refractivity contribution in [3.63, 3.8) is 0 Å². The number of aryl methyl sites for hydroxylation is 1. The predicted molar refractivity (Wildman–Crippen MR) is 68.5 cm³/mol. The minimum Gasteiger partial charge on any atom is -0.258 e. The third-order valence-corrected chi connectivity index (χ3v) is 3.12. The van der Waals surface area contributed by atoms with Gasteiger partial charge >= 0.3 is 0 Å². The van der Waals surface area contributed by atoms with Gasteiger partial charge in [-0.1, -0.05) is 13.8 Å². The van der Waals surface area contributed by atoms with Crippen LogP contribution in [0.4, 0.5) is 5.69 Å². The maximum atomic E-state index is 10.6. The van der Waals surface area contributed by atoms with Gasteiger partial charge in [-0.25, -0.2) is 0 Å². The van der Waals surface area contributed by atoms with Gasteiger partial charge in [-0.15, -0.1) is 11.6 Å². The van der Waals surface area contributed by atoms with Gasteiger partial charge in [0.15, 0.2) is 0 Å². The van der Waals surface area contributed by atoms with E-state index < -0.39 is 4.92 Å². The number of alkyl halides is 1. The van der Waals surface area contributed by atoms with Crippen molar-refractivity contribution < 1.29 is 4.92 Å². The molecular weight excluding hydrogens is 240 g/mol. The van der Waals surface area contributed by atoms with E-state index in [2.05, 4.69) is 18.8 Å². The van der Waals surface area contributed by atoms with Crippen molar-refractivity contribution in [2.45, 2.75) is 39.0 Å². The number of aromatic nitrogens is 1. The van der Waals surface area contributed by atoms with Crippen molar-refractivity contribution >= 4 is 17.3 Å². The lowest BCUT2D eigenvalue weighted by molar-refractivity contribution is -0.385. The van der Waals surface area contributed by atoms with Crippen LogP contribution in [0.15, 0.2) is 12.3 Å². The summed E-state index contributed by atoms with van der Waals surface area (Å²) < 4.78 is 0. The molecule has 0 aliphatic carbocycles. The molecule has 0 saturated heterocycles. The zero-order valence-electron chi connectivity index (χ0n) is 10.5. The second-order valence-electron chi connectivity index (χ2n) is 4.60. The summed E-state index contributed by atoms with van der Waals surface area (Å²) in [5.41, 5.74) is 1.70. The number of halogens is 1. The van der Waals surface area contributed by atoms with Crippen molar-refractivity contribution in [1.82, 2.24) is 4.98 Å². The summed E-state index contributed by atoms with van der Waals surface area (Å²) in [6.45, 7) is 7.91. The van der Waals surface area contributed by atoms with Crippen LogP contribution < -0.4 is 0 Å². The van der Waals surface area contributed by atoms with Crippen LogP contribution in [0, 0.1) is 23.0 Å². The Balaban J connectivity index is 3.18. The molecule has 0 spiro atoms. The maximum Gasteiger partial charge on any atom is 0.287 e. The quantitative estimate of drug-likeness (QED) is 0.469. The first-order chi connectivity index (χ1) is 7.84. The largest absolute Gasteiger partial charge is 0.287 e. The van der Waals surface area contributed by atoms with E-state index in [1.807, 2.05) is 13.8 Å². The highest BCUT2D eigenvalue weighted by molar-refractivity contribution is 6.20. The Bertz CT molecular complexity index is 411. The molecule has 0 aliphatic heterocycles. The highest BCUT2D eigenvalue weighted by atomic mass is 35.5. The highest BCUT2D eigenvalue weighted by Gasteiger charge is 2.25.